The summed E-state index contributed by atoms with van der Waals surface area (Å²) >= 11 is 0. The molecule has 8 aliphatic carbocycles. The Morgan fingerprint density at radius 1 is 0.663 bits per heavy atom. The normalized spacial score (nSPS) is 34.1. The number of fused-ring (bicyclic) bond motifs is 18. The van der Waals surface area contributed by atoms with Crippen molar-refractivity contribution < 1.29 is 4.74 Å². The van der Waals surface area contributed by atoms with E-state index >= 15 is 0 Å². The summed E-state index contributed by atoms with van der Waals surface area (Å²) in [5, 5.41) is 1.47. The molecule has 6 heterocycles. The van der Waals surface area contributed by atoms with Gasteiger partial charge in [0.15, 0.2) is 0 Å². The van der Waals surface area contributed by atoms with Crippen molar-refractivity contribution in [1.29, 1.82) is 0 Å². The number of allylic oxidation sites excluding steroid dienone is 9. The van der Waals surface area contributed by atoms with Crippen LogP contribution in [0.5, 0.6) is 0 Å². The molecular formula is C77H91BN4O. The molecule has 0 spiro atoms. The molecule has 428 valence electrons. The van der Waals surface area contributed by atoms with Gasteiger partial charge < -0.3 is 24.0 Å². The van der Waals surface area contributed by atoms with E-state index in [1.165, 1.54) is 126 Å². The van der Waals surface area contributed by atoms with E-state index in [-0.39, 0.29) is 63.1 Å². The molecule has 9 unspecified atom stereocenters. The molecule has 0 radical (unpaired) electrons. The number of ether oxygens (including phenoxy) is 1. The van der Waals surface area contributed by atoms with Gasteiger partial charge in [0.2, 0.25) is 0 Å². The van der Waals surface area contributed by atoms with Gasteiger partial charge in [-0.05, 0) is 182 Å². The molecule has 4 fully saturated rings. The minimum absolute atomic E-state index is 0.00737. The Morgan fingerprint density at radius 2 is 1.33 bits per heavy atom. The van der Waals surface area contributed by atoms with Gasteiger partial charge >= 0.3 is 0 Å². The SMILES string of the molecule is CC(C)(C)c1ccc2c(c1)C1(C)CCCCC1(C)N2C1C=C2C(=CC1)B1C3=C(CC(N4c5ccc(C(C)(C)C)cc5C5(C)CCCCC45C)C=C3N2C2=C3C(CCC2)OC2=CCCCC23)n2c3c(c4cccc1c42)C1=CC=CCC1C3(C)C. The summed E-state index contributed by atoms with van der Waals surface area (Å²) in [6, 6.07) is 23.4. The maximum atomic E-state index is 7.23. The molecule has 3 aromatic carbocycles. The van der Waals surface area contributed by atoms with Crippen LogP contribution >= 0.6 is 0 Å². The Hall–Kier alpha value is -5.62. The van der Waals surface area contributed by atoms with Crippen molar-refractivity contribution in [1.82, 2.24) is 9.47 Å². The fraction of sp³-hybridized carbons (Fsp3) is 0.532. The zero-order chi connectivity index (χ0) is 56.9. The lowest BCUT2D eigenvalue weighted by atomic mass is 9.31. The third kappa shape index (κ3) is 6.48. The van der Waals surface area contributed by atoms with Gasteiger partial charge in [-0.2, -0.15) is 0 Å². The van der Waals surface area contributed by atoms with Crippen LogP contribution in [0.15, 0.2) is 136 Å². The molecule has 2 saturated heterocycles. The van der Waals surface area contributed by atoms with Gasteiger partial charge in [-0.15, -0.1) is 0 Å². The maximum Gasteiger partial charge on any atom is 0.251 e. The van der Waals surface area contributed by atoms with Crippen LogP contribution in [0.2, 0.25) is 0 Å². The molecule has 1 aromatic heterocycles. The fourth-order valence-electron chi connectivity index (χ4n) is 21.1. The van der Waals surface area contributed by atoms with E-state index in [0.717, 1.165) is 44.9 Å². The van der Waals surface area contributed by atoms with E-state index < -0.39 is 0 Å². The van der Waals surface area contributed by atoms with Gasteiger partial charge in [0.1, 0.15) is 11.9 Å². The minimum atomic E-state index is -0.0524. The molecule has 13 aliphatic rings. The Kier molecular flexibility index (Phi) is 10.5. The fourth-order valence-corrected chi connectivity index (χ4v) is 21.1. The molecule has 5 nitrogen and oxygen atoms in total. The van der Waals surface area contributed by atoms with Crippen molar-refractivity contribution in [2.24, 2.45) is 11.8 Å². The number of anilines is 2. The van der Waals surface area contributed by atoms with E-state index in [0.29, 0.717) is 11.8 Å². The molecule has 6 heteroatoms. The predicted molar refractivity (Wildman–Crippen MR) is 347 cm³/mol. The number of nitrogens with zero attached hydrogens (tertiary/aromatic N) is 4. The summed E-state index contributed by atoms with van der Waals surface area (Å²) in [6.45, 7) is 30.5. The number of benzene rings is 3. The summed E-state index contributed by atoms with van der Waals surface area (Å²) in [7, 11) is 0. The second-order valence-electron chi connectivity index (χ2n) is 32.1. The van der Waals surface area contributed by atoms with Crippen LogP contribution in [0.3, 0.4) is 0 Å². The van der Waals surface area contributed by atoms with Crippen LogP contribution in [0.4, 0.5) is 11.4 Å². The monoisotopic (exact) mass is 1100 g/mol. The average Bonchev–Trinajstić information content (AvgIpc) is 1.64. The van der Waals surface area contributed by atoms with Gasteiger partial charge in [0, 0.05) is 102 Å². The minimum Gasteiger partial charge on any atom is -0.490 e. The van der Waals surface area contributed by atoms with Crippen LogP contribution in [0, 0.1) is 11.8 Å². The highest BCUT2D eigenvalue weighted by Gasteiger charge is 2.63. The second-order valence-corrected chi connectivity index (χ2v) is 32.1. The first kappa shape index (κ1) is 51.8. The lowest BCUT2D eigenvalue weighted by Crippen LogP contribution is -2.61. The number of hydrogen-bond acceptors (Lipinski definition) is 4. The molecule has 0 amide bonds. The molecule has 83 heavy (non-hydrogen) atoms. The van der Waals surface area contributed by atoms with Crippen LogP contribution in [-0.4, -0.2) is 45.4 Å². The summed E-state index contributed by atoms with van der Waals surface area (Å²) < 4.78 is 10.2. The zero-order valence-corrected chi connectivity index (χ0v) is 52.4. The largest absolute Gasteiger partial charge is 0.490 e. The first-order chi connectivity index (χ1) is 39.7. The highest BCUT2D eigenvalue weighted by molar-refractivity contribution is 6.90. The van der Waals surface area contributed by atoms with E-state index in [2.05, 4.69) is 199 Å². The van der Waals surface area contributed by atoms with E-state index in [1.54, 1.807) is 50.3 Å². The first-order valence-electron chi connectivity index (χ1n) is 33.4. The van der Waals surface area contributed by atoms with Crippen molar-refractivity contribution >= 4 is 45.7 Å². The van der Waals surface area contributed by atoms with Crippen molar-refractivity contribution in [2.75, 3.05) is 9.80 Å². The van der Waals surface area contributed by atoms with Gasteiger partial charge in [0.05, 0.1) is 12.1 Å². The lowest BCUT2D eigenvalue weighted by Gasteiger charge is -2.55. The molecule has 2 saturated carbocycles. The molecule has 0 N–H and O–H groups in total. The molecule has 0 bridgehead atoms. The Bertz CT molecular complexity index is 3850. The number of rotatable bonds is 3. The van der Waals surface area contributed by atoms with Crippen LogP contribution in [0.25, 0.3) is 22.2 Å². The summed E-state index contributed by atoms with van der Waals surface area (Å²) in [4.78, 5) is 9.10. The van der Waals surface area contributed by atoms with Gasteiger partial charge in [-0.3, -0.25) is 0 Å². The molecule has 5 aliphatic heterocycles. The van der Waals surface area contributed by atoms with Crippen LogP contribution < -0.4 is 15.3 Å². The topological polar surface area (TPSA) is 23.9 Å². The summed E-state index contributed by atoms with van der Waals surface area (Å²) in [5.41, 5.74) is 27.7. The zero-order valence-electron chi connectivity index (χ0n) is 52.4. The standard InChI is InChI=1S/C77H91BN4O/c1-71(2,3)46-31-35-58-54(41-46)74(9)37-17-19-39-76(74,11)81(58)48-33-34-56-61(43-48)79(60-28-22-30-65-67(60)51-24-14-16-29-64(51)83-65)62-44-49(82-59-36-32-47(72(4,5)6)42-55(59)75(10)38-18-20-40-77(75,82)12)45-63-68(62)78(56)57-27-21-25-52-66-50-23-13-15-26-53(50)73(7,8)70(66)80(63)69(52)57/h13,15,21,23,25,27,29,31-32,34-36,41-44,48-49,51,53,65H,14,16-20,22,24,26,28,30,33,37-40,45H2,1-12H3. The highest BCUT2D eigenvalue weighted by Crippen LogP contribution is 2.66. The Labute approximate surface area is 497 Å². The molecule has 9 atom stereocenters. The molecular weight excluding hydrogens is 1010 g/mol. The number of para-hydroxylation sites is 1. The lowest BCUT2D eigenvalue weighted by molar-refractivity contribution is 0.156. The number of hydrogen-bond donors (Lipinski definition) is 0. The number of aromatic nitrogens is 1. The van der Waals surface area contributed by atoms with E-state index in [4.69, 9.17) is 4.74 Å². The smallest absolute Gasteiger partial charge is 0.251 e. The average molecular weight is 1100 g/mol. The Balaban J connectivity index is 0.953. The van der Waals surface area contributed by atoms with Gasteiger partial charge in [0.25, 0.3) is 6.71 Å². The van der Waals surface area contributed by atoms with Crippen LogP contribution in [0.1, 0.15) is 226 Å². The van der Waals surface area contributed by atoms with Gasteiger partial charge in [-0.25, -0.2) is 0 Å². The van der Waals surface area contributed by atoms with Crippen LogP contribution in [-0.2, 0) is 31.8 Å². The third-order valence-electron chi connectivity index (χ3n) is 25.8. The van der Waals surface area contributed by atoms with Gasteiger partial charge in [-0.1, -0.05) is 162 Å². The quantitative estimate of drug-likeness (QED) is 0.191. The molecule has 4 aromatic rings. The third-order valence-corrected chi connectivity index (χ3v) is 25.8. The summed E-state index contributed by atoms with van der Waals surface area (Å²) in [5.74, 6) is 2.10. The van der Waals surface area contributed by atoms with Crippen molar-refractivity contribution in [3.05, 3.63) is 170 Å². The maximum absolute atomic E-state index is 7.23. The predicted octanol–water partition coefficient (Wildman–Crippen LogP) is 17.8. The van der Waals surface area contributed by atoms with E-state index in [1.807, 2.05) is 0 Å². The summed E-state index contributed by atoms with van der Waals surface area (Å²) in [6.07, 6.45) is 38.6. The first-order valence-corrected chi connectivity index (χ1v) is 33.4. The van der Waals surface area contributed by atoms with Crippen molar-refractivity contribution in [3.63, 3.8) is 0 Å². The van der Waals surface area contributed by atoms with Crippen molar-refractivity contribution in [2.45, 2.75) is 249 Å². The van der Waals surface area contributed by atoms with Crippen molar-refractivity contribution in [3.8, 4) is 0 Å². The Morgan fingerprint density at radius 3 is 2.01 bits per heavy atom. The second kappa shape index (κ2) is 16.9. The van der Waals surface area contributed by atoms with E-state index in [9.17, 15) is 0 Å². The highest BCUT2D eigenvalue weighted by atomic mass is 16.5. The molecule has 17 rings (SSSR count).